The average molecular weight is 369 g/mol. The number of pyridine rings is 1. The first-order chi connectivity index (χ1) is 11.1. The minimum absolute atomic E-state index is 0.236. The fraction of sp³-hybridized carbons (Fsp3) is 0.267. The van der Waals surface area contributed by atoms with Gasteiger partial charge >= 0.3 is 0 Å². The fourth-order valence-electron chi connectivity index (χ4n) is 2.28. The van der Waals surface area contributed by atoms with Gasteiger partial charge in [0.05, 0.1) is 28.4 Å². The number of rotatable bonds is 6. The van der Waals surface area contributed by atoms with Crippen LogP contribution < -0.4 is 0 Å². The van der Waals surface area contributed by atoms with Gasteiger partial charge in [0.2, 0.25) is 0 Å². The van der Waals surface area contributed by atoms with Crippen LogP contribution in [0.5, 0.6) is 0 Å². The van der Waals surface area contributed by atoms with Gasteiger partial charge in [0.1, 0.15) is 6.10 Å². The van der Waals surface area contributed by atoms with E-state index in [2.05, 4.69) is 15.1 Å². The summed E-state index contributed by atoms with van der Waals surface area (Å²) in [7, 11) is 1.85. The van der Waals surface area contributed by atoms with Crippen LogP contribution in [0.1, 0.15) is 22.2 Å². The van der Waals surface area contributed by atoms with Crippen LogP contribution in [0.4, 0.5) is 0 Å². The lowest BCUT2D eigenvalue weighted by Gasteiger charge is -2.18. The van der Waals surface area contributed by atoms with Crippen molar-refractivity contribution in [2.24, 2.45) is 7.05 Å². The Balaban J connectivity index is 1.81. The van der Waals surface area contributed by atoms with E-state index >= 15 is 0 Å². The van der Waals surface area contributed by atoms with E-state index in [4.69, 9.17) is 27.9 Å². The van der Waals surface area contributed by atoms with Crippen LogP contribution in [0.3, 0.4) is 0 Å². The van der Waals surface area contributed by atoms with Crippen LogP contribution in [0.25, 0.3) is 0 Å². The summed E-state index contributed by atoms with van der Waals surface area (Å²) < 4.78 is 8.33. The van der Waals surface area contributed by atoms with Gasteiger partial charge in [-0.3, -0.25) is 9.67 Å². The predicted octanol–water partition coefficient (Wildman–Crippen LogP) is 4.08. The van der Waals surface area contributed by atoms with E-state index in [0.717, 1.165) is 16.1 Å². The number of thiazole rings is 1. The highest BCUT2D eigenvalue weighted by atomic mass is 35.5. The van der Waals surface area contributed by atoms with Crippen molar-refractivity contribution in [3.05, 3.63) is 62.5 Å². The molecule has 3 aromatic rings. The van der Waals surface area contributed by atoms with Gasteiger partial charge in [-0.1, -0.05) is 29.3 Å². The Kier molecular flexibility index (Phi) is 5.27. The van der Waals surface area contributed by atoms with Crippen LogP contribution in [0, 0.1) is 0 Å². The molecule has 0 radical (unpaired) electrons. The molecule has 5 nitrogen and oxygen atoms in total. The standard InChI is InChI=1S/C15H14Cl2N4OS/c1-21-14(12(16)8-20-21)13(5-10-3-2-4-18-6-10)22-9-11-7-19-15(17)23-11/h2-4,6-8,13H,5,9H2,1H3. The van der Waals surface area contributed by atoms with E-state index in [0.29, 0.717) is 22.5 Å². The molecular formula is C15H14Cl2N4OS. The molecule has 1 atom stereocenters. The Hall–Kier alpha value is -1.47. The highest BCUT2D eigenvalue weighted by Gasteiger charge is 2.21. The highest BCUT2D eigenvalue weighted by Crippen LogP contribution is 2.30. The van der Waals surface area contributed by atoms with Gasteiger partial charge in [0.15, 0.2) is 4.47 Å². The molecular weight excluding hydrogens is 355 g/mol. The van der Waals surface area contributed by atoms with Crippen LogP contribution >= 0.6 is 34.5 Å². The van der Waals surface area contributed by atoms with Crippen molar-refractivity contribution < 1.29 is 4.74 Å². The van der Waals surface area contributed by atoms with Crippen LogP contribution in [0.2, 0.25) is 9.49 Å². The van der Waals surface area contributed by atoms with Crippen molar-refractivity contribution in [1.82, 2.24) is 19.7 Å². The van der Waals surface area contributed by atoms with Gasteiger partial charge in [-0.2, -0.15) is 5.10 Å². The summed E-state index contributed by atoms with van der Waals surface area (Å²) in [6, 6.07) is 3.91. The van der Waals surface area contributed by atoms with Crippen molar-refractivity contribution in [3.8, 4) is 0 Å². The molecule has 0 aliphatic rings. The maximum atomic E-state index is 6.28. The van der Waals surface area contributed by atoms with Crippen LogP contribution in [-0.4, -0.2) is 19.7 Å². The van der Waals surface area contributed by atoms with Crippen molar-refractivity contribution >= 4 is 34.5 Å². The molecule has 0 N–H and O–H groups in total. The van der Waals surface area contributed by atoms with Gasteiger partial charge in [0, 0.05) is 32.1 Å². The normalized spacial score (nSPS) is 12.5. The van der Waals surface area contributed by atoms with Crippen molar-refractivity contribution in [1.29, 1.82) is 0 Å². The number of aromatic nitrogens is 4. The zero-order chi connectivity index (χ0) is 16.2. The number of aryl methyl sites for hydroxylation is 1. The molecule has 3 heterocycles. The Morgan fingerprint density at radius 1 is 1.30 bits per heavy atom. The second kappa shape index (κ2) is 7.40. The van der Waals surface area contributed by atoms with Crippen LogP contribution in [0.15, 0.2) is 36.9 Å². The Bertz CT molecular complexity index is 755. The first kappa shape index (κ1) is 16.4. The van der Waals surface area contributed by atoms with Crippen molar-refractivity contribution in [3.63, 3.8) is 0 Å². The van der Waals surface area contributed by atoms with E-state index in [1.807, 2.05) is 25.4 Å². The van der Waals surface area contributed by atoms with E-state index in [-0.39, 0.29) is 6.10 Å². The summed E-state index contributed by atoms with van der Waals surface area (Å²) in [4.78, 5) is 9.14. The number of hydrogen-bond donors (Lipinski definition) is 0. The molecule has 0 spiro atoms. The summed E-state index contributed by atoms with van der Waals surface area (Å²) in [6.07, 6.45) is 7.33. The summed E-state index contributed by atoms with van der Waals surface area (Å²) >= 11 is 13.5. The molecule has 0 aliphatic carbocycles. The first-order valence-corrected chi connectivity index (χ1v) is 8.49. The molecule has 0 saturated carbocycles. The third-order valence-electron chi connectivity index (χ3n) is 3.34. The summed E-state index contributed by atoms with van der Waals surface area (Å²) in [6.45, 7) is 0.414. The lowest BCUT2D eigenvalue weighted by molar-refractivity contribution is 0.0361. The van der Waals surface area contributed by atoms with Crippen molar-refractivity contribution in [2.75, 3.05) is 0 Å². The number of hydrogen-bond acceptors (Lipinski definition) is 5. The number of ether oxygens (including phenoxy) is 1. The topological polar surface area (TPSA) is 52.8 Å². The summed E-state index contributed by atoms with van der Waals surface area (Å²) in [5.41, 5.74) is 1.91. The molecule has 0 bridgehead atoms. The monoisotopic (exact) mass is 368 g/mol. The zero-order valence-electron chi connectivity index (χ0n) is 12.3. The summed E-state index contributed by atoms with van der Waals surface area (Å²) in [5, 5.41) is 4.78. The van der Waals surface area contributed by atoms with E-state index in [9.17, 15) is 0 Å². The maximum absolute atomic E-state index is 6.28. The van der Waals surface area contributed by atoms with E-state index in [1.54, 1.807) is 23.3 Å². The molecule has 3 aromatic heterocycles. The fourth-order valence-corrected chi connectivity index (χ4v) is 3.47. The maximum Gasteiger partial charge on any atom is 0.183 e. The zero-order valence-corrected chi connectivity index (χ0v) is 14.6. The summed E-state index contributed by atoms with van der Waals surface area (Å²) in [5.74, 6) is 0. The van der Waals surface area contributed by atoms with E-state index < -0.39 is 0 Å². The lowest BCUT2D eigenvalue weighted by Crippen LogP contribution is -2.13. The Morgan fingerprint density at radius 2 is 2.17 bits per heavy atom. The SMILES string of the molecule is Cn1ncc(Cl)c1C(Cc1cccnc1)OCc1cnc(Cl)s1. The quantitative estimate of drug-likeness (QED) is 0.657. The number of halogens is 2. The second-order valence-electron chi connectivity index (χ2n) is 4.95. The predicted molar refractivity (Wildman–Crippen MR) is 90.8 cm³/mol. The first-order valence-electron chi connectivity index (χ1n) is 6.91. The van der Waals surface area contributed by atoms with Gasteiger partial charge < -0.3 is 4.74 Å². The molecule has 0 aromatic carbocycles. The molecule has 8 heteroatoms. The molecule has 0 amide bonds. The van der Waals surface area contributed by atoms with Crippen LogP contribution in [-0.2, 0) is 24.8 Å². The molecule has 120 valence electrons. The smallest absolute Gasteiger partial charge is 0.183 e. The van der Waals surface area contributed by atoms with Gasteiger partial charge in [0.25, 0.3) is 0 Å². The number of nitrogens with zero attached hydrogens (tertiary/aromatic N) is 4. The Labute approximate surface area is 147 Å². The van der Waals surface area contributed by atoms with Gasteiger partial charge in [-0.05, 0) is 11.6 Å². The lowest BCUT2D eigenvalue weighted by atomic mass is 10.1. The minimum Gasteiger partial charge on any atom is -0.366 e. The molecule has 1 unspecified atom stereocenters. The Morgan fingerprint density at radius 3 is 2.78 bits per heavy atom. The highest BCUT2D eigenvalue weighted by molar-refractivity contribution is 7.15. The van der Waals surface area contributed by atoms with Gasteiger partial charge in [-0.25, -0.2) is 4.98 Å². The second-order valence-corrected chi connectivity index (χ2v) is 7.05. The molecule has 0 fully saturated rings. The third-order valence-corrected chi connectivity index (χ3v) is 4.72. The molecule has 0 saturated heterocycles. The van der Waals surface area contributed by atoms with Crippen molar-refractivity contribution in [2.45, 2.75) is 19.1 Å². The van der Waals surface area contributed by atoms with E-state index in [1.165, 1.54) is 11.3 Å². The third kappa shape index (κ3) is 4.09. The molecule has 3 rings (SSSR count). The average Bonchev–Trinajstić information content (AvgIpc) is 3.11. The largest absolute Gasteiger partial charge is 0.366 e. The van der Waals surface area contributed by atoms with Gasteiger partial charge in [-0.15, -0.1) is 11.3 Å². The molecule has 0 aliphatic heterocycles. The molecule has 23 heavy (non-hydrogen) atoms. The minimum atomic E-state index is -0.236.